The van der Waals surface area contributed by atoms with E-state index in [4.69, 9.17) is 0 Å². The lowest BCUT2D eigenvalue weighted by Crippen LogP contribution is -2.25. The van der Waals surface area contributed by atoms with Crippen LogP contribution in [0.1, 0.15) is 0 Å². The maximum absolute atomic E-state index is 10.7. The molecule has 9 heavy (non-hydrogen) atoms. The maximum Gasteiger partial charge on any atom is 0.289 e. The normalized spacial score (nSPS) is 27.8. The smallest absolute Gasteiger partial charge is 0.275 e. The molecule has 0 N–H and O–H groups in total. The number of carbonyl (C=O) groups is 2. The molecule has 1 atom stereocenters. The number of amides is 2. The van der Waals surface area contributed by atoms with Gasteiger partial charge in [-0.05, 0) is 11.8 Å². The minimum Gasteiger partial charge on any atom is -0.275 e. The van der Waals surface area contributed by atoms with E-state index in [-0.39, 0.29) is 11.1 Å². The largest absolute Gasteiger partial charge is 0.289 e. The Hall–Kier alpha value is -0.160. The zero-order chi connectivity index (χ0) is 7.02. The standard InChI is InChI=1S/C4H5NO2S2/c1-5-2(6)3(8)9-4(5)7/h3,8H,1H3. The summed E-state index contributed by atoms with van der Waals surface area (Å²) >= 11 is 4.80. The van der Waals surface area contributed by atoms with E-state index >= 15 is 0 Å². The van der Waals surface area contributed by atoms with Crippen molar-refractivity contribution in [3.63, 3.8) is 0 Å². The SMILES string of the molecule is CN1C(=O)SC(S)C1=O. The van der Waals surface area contributed by atoms with Gasteiger partial charge in [-0.25, -0.2) is 0 Å². The van der Waals surface area contributed by atoms with E-state index in [0.29, 0.717) is 0 Å². The quantitative estimate of drug-likeness (QED) is 0.530. The molecule has 0 saturated carbocycles. The Morgan fingerprint density at radius 1 is 1.67 bits per heavy atom. The van der Waals surface area contributed by atoms with Crippen LogP contribution in [0.3, 0.4) is 0 Å². The number of hydrogen-bond acceptors (Lipinski definition) is 4. The molecule has 0 radical (unpaired) electrons. The van der Waals surface area contributed by atoms with Crippen LogP contribution in [0.5, 0.6) is 0 Å². The second kappa shape index (κ2) is 2.22. The van der Waals surface area contributed by atoms with E-state index in [9.17, 15) is 9.59 Å². The van der Waals surface area contributed by atoms with Gasteiger partial charge in [-0.3, -0.25) is 14.5 Å². The van der Waals surface area contributed by atoms with Crippen LogP contribution < -0.4 is 0 Å². The van der Waals surface area contributed by atoms with Crippen LogP contribution in [0.2, 0.25) is 0 Å². The van der Waals surface area contributed by atoms with Gasteiger partial charge in [-0.2, -0.15) is 12.6 Å². The molecule has 1 aliphatic heterocycles. The molecule has 5 heteroatoms. The number of thiol groups is 1. The lowest BCUT2D eigenvalue weighted by molar-refractivity contribution is -0.124. The second-order valence-corrected chi connectivity index (χ2v) is 3.56. The van der Waals surface area contributed by atoms with Crippen molar-refractivity contribution in [2.24, 2.45) is 0 Å². The Morgan fingerprint density at radius 3 is 2.33 bits per heavy atom. The molecule has 3 nitrogen and oxygen atoms in total. The number of imide groups is 1. The summed E-state index contributed by atoms with van der Waals surface area (Å²) in [5.41, 5.74) is 0. The molecule has 0 aromatic heterocycles. The average Bonchev–Trinajstić information content (AvgIpc) is 1.98. The van der Waals surface area contributed by atoms with Gasteiger partial charge in [-0.1, -0.05) is 0 Å². The van der Waals surface area contributed by atoms with Gasteiger partial charge in [0.2, 0.25) is 0 Å². The van der Waals surface area contributed by atoms with Gasteiger partial charge in [0.15, 0.2) is 0 Å². The van der Waals surface area contributed by atoms with Gasteiger partial charge in [0.25, 0.3) is 11.1 Å². The van der Waals surface area contributed by atoms with E-state index in [1.807, 2.05) is 0 Å². The van der Waals surface area contributed by atoms with Crippen molar-refractivity contribution in [3.05, 3.63) is 0 Å². The molecule has 0 aliphatic carbocycles. The Morgan fingerprint density at radius 2 is 2.22 bits per heavy atom. The van der Waals surface area contributed by atoms with Crippen LogP contribution in [0.25, 0.3) is 0 Å². The molecule has 1 heterocycles. The van der Waals surface area contributed by atoms with Crippen molar-refractivity contribution >= 4 is 35.5 Å². The van der Waals surface area contributed by atoms with Crippen molar-refractivity contribution in [2.45, 2.75) is 4.58 Å². The van der Waals surface area contributed by atoms with Gasteiger partial charge in [-0.15, -0.1) is 0 Å². The molecule has 0 aromatic carbocycles. The highest BCUT2D eigenvalue weighted by Crippen LogP contribution is 2.27. The van der Waals surface area contributed by atoms with E-state index in [0.717, 1.165) is 16.7 Å². The Labute approximate surface area is 62.2 Å². The summed E-state index contributed by atoms with van der Waals surface area (Å²) in [5, 5.41) is -0.222. The van der Waals surface area contributed by atoms with Crippen LogP contribution in [-0.4, -0.2) is 27.7 Å². The molecule has 1 fully saturated rings. The molecule has 1 unspecified atom stereocenters. The molecular formula is C4H5NO2S2. The molecule has 1 aliphatic rings. The predicted molar refractivity (Wildman–Crippen MR) is 38.5 cm³/mol. The van der Waals surface area contributed by atoms with Crippen molar-refractivity contribution in [3.8, 4) is 0 Å². The maximum atomic E-state index is 10.7. The third kappa shape index (κ3) is 1.07. The number of carbonyl (C=O) groups excluding carboxylic acids is 2. The monoisotopic (exact) mass is 163 g/mol. The summed E-state index contributed by atoms with van der Waals surface area (Å²) in [7, 11) is 1.45. The molecule has 2 amide bonds. The first-order chi connectivity index (χ1) is 4.13. The number of nitrogens with zero attached hydrogens (tertiary/aromatic N) is 1. The van der Waals surface area contributed by atoms with E-state index in [1.54, 1.807) is 0 Å². The summed E-state index contributed by atoms with van der Waals surface area (Å²) in [5.74, 6) is -0.228. The lowest BCUT2D eigenvalue weighted by atomic mass is 10.6. The molecule has 0 spiro atoms. The second-order valence-electron chi connectivity index (χ2n) is 1.63. The highest BCUT2D eigenvalue weighted by molar-refractivity contribution is 8.22. The van der Waals surface area contributed by atoms with E-state index in [2.05, 4.69) is 12.6 Å². The predicted octanol–water partition coefficient (Wildman–Crippen LogP) is 0.567. The Bertz CT molecular complexity index is 170. The average molecular weight is 163 g/mol. The van der Waals surface area contributed by atoms with Crippen molar-refractivity contribution in [2.75, 3.05) is 7.05 Å². The van der Waals surface area contributed by atoms with Crippen LogP contribution in [0.15, 0.2) is 0 Å². The molecule has 0 aromatic rings. The van der Waals surface area contributed by atoms with Crippen molar-refractivity contribution < 1.29 is 9.59 Å². The fraction of sp³-hybridized carbons (Fsp3) is 0.500. The van der Waals surface area contributed by atoms with E-state index < -0.39 is 4.58 Å². The summed E-state index contributed by atoms with van der Waals surface area (Å²) < 4.78 is -0.484. The van der Waals surface area contributed by atoms with Gasteiger partial charge >= 0.3 is 0 Å². The molecule has 0 bridgehead atoms. The van der Waals surface area contributed by atoms with Gasteiger partial charge in [0.1, 0.15) is 4.58 Å². The zero-order valence-corrected chi connectivity index (χ0v) is 6.41. The van der Waals surface area contributed by atoms with Gasteiger partial charge < -0.3 is 0 Å². The van der Waals surface area contributed by atoms with Gasteiger partial charge in [0.05, 0.1) is 0 Å². The lowest BCUT2D eigenvalue weighted by Gasteiger charge is -2.01. The number of rotatable bonds is 0. The van der Waals surface area contributed by atoms with Crippen molar-refractivity contribution in [1.82, 2.24) is 4.90 Å². The molecule has 1 saturated heterocycles. The summed E-state index contributed by atoms with van der Waals surface area (Å²) in [4.78, 5) is 22.4. The molecular weight excluding hydrogens is 158 g/mol. The van der Waals surface area contributed by atoms with E-state index in [1.165, 1.54) is 7.05 Å². The first kappa shape index (κ1) is 6.95. The number of thioether (sulfide) groups is 1. The summed E-state index contributed by atoms with van der Waals surface area (Å²) in [6.45, 7) is 0. The molecule has 50 valence electrons. The summed E-state index contributed by atoms with van der Waals surface area (Å²) in [6.07, 6.45) is 0. The van der Waals surface area contributed by atoms with Gasteiger partial charge in [0, 0.05) is 7.05 Å². The first-order valence-corrected chi connectivity index (χ1v) is 3.69. The zero-order valence-electron chi connectivity index (χ0n) is 4.70. The van der Waals surface area contributed by atoms with Crippen LogP contribution >= 0.6 is 24.4 Å². The summed E-state index contributed by atoms with van der Waals surface area (Å²) in [6, 6.07) is 0. The Balaban J connectivity index is 2.77. The van der Waals surface area contributed by atoms with Crippen LogP contribution in [-0.2, 0) is 4.79 Å². The van der Waals surface area contributed by atoms with Crippen LogP contribution in [0, 0.1) is 0 Å². The topological polar surface area (TPSA) is 37.4 Å². The third-order valence-corrected chi connectivity index (χ3v) is 2.47. The molecule has 1 rings (SSSR count). The third-order valence-electron chi connectivity index (χ3n) is 1.03. The number of hydrogen-bond donors (Lipinski definition) is 1. The first-order valence-electron chi connectivity index (χ1n) is 2.29. The Kier molecular flexibility index (Phi) is 1.72. The fourth-order valence-corrected chi connectivity index (χ4v) is 1.62. The minimum absolute atomic E-state index is 0.222. The highest BCUT2D eigenvalue weighted by Gasteiger charge is 2.34. The van der Waals surface area contributed by atoms with Crippen LogP contribution in [0.4, 0.5) is 4.79 Å². The highest BCUT2D eigenvalue weighted by atomic mass is 32.2. The minimum atomic E-state index is -0.484. The fourth-order valence-electron chi connectivity index (χ4n) is 0.481. The van der Waals surface area contributed by atoms with Crippen molar-refractivity contribution in [1.29, 1.82) is 0 Å².